The fourth-order valence-corrected chi connectivity index (χ4v) is 4.42. The third kappa shape index (κ3) is 5.45. The molecule has 1 amide bonds. The van der Waals surface area contributed by atoms with Gasteiger partial charge in [0.2, 0.25) is 5.91 Å². The number of nitrogens with zero attached hydrogens (tertiary/aromatic N) is 3. The Morgan fingerprint density at radius 3 is 2.65 bits per heavy atom. The van der Waals surface area contributed by atoms with E-state index in [1.165, 1.54) is 18.4 Å². The second-order valence-electron chi connectivity index (χ2n) is 7.13. The summed E-state index contributed by atoms with van der Waals surface area (Å²) in [4.78, 5) is 21.3. The summed E-state index contributed by atoms with van der Waals surface area (Å²) in [7, 11) is 1.80. The molecule has 3 rings (SSSR count). The first-order valence-electron chi connectivity index (χ1n) is 9.73. The number of rotatable bonds is 6. The molecule has 1 saturated carbocycles. The van der Waals surface area contributed by atoms with E-state index in [0.717, 1.165) is 64.6 Å². The van der Waals surface area contributed by atoms with E-state index in [4.69, 9.17) is 0 Å². The summed E-state index contributed by atoms with van der Waals surface area (Å²) in [5.74, 6) is 1.55. The minimum absolute atomic E-state index is 0.306. The highest BCUT2D eigenvalue weighted by Gasteiger charge is 2.29. The van der Waals surface area contributed by atoms with Gasteiger partial charge < -0.3 is 15.5 Å². The SMILES string of the molecule is CN=C(NCCN1CCN(C(=O)C2CCCC2)CC1)NCc1ccsc1. The quantitative estimate of drug-likeness (QED) is 0.586. The zero-order chi connectivity index (χ0) is 18.2. The number of thiophene rings is 1. The van der Waals surface area contributed by atoms with Crippen LogP contribution >= 0.6 is 11.3 Å². The van der Waals surface area contributed by atoms with Crippen LogP contribution in [0.5, 0.6) is 0 Å². The fraction of sp³-hybridized carbons (Fsp3) is 0.684. The maximum absolute atomic E-state index is 12.5. The van der Waals surface area contributed by atoms with Crippen molar-refractivity contribution in [3.8, 4) is 0 Å². The molecule has 7 heteroatoms. The molecule has 1 aromatic rings. The van der Waals surface area contributed by atoms with Crippen molar-refractivity contribution in [3.05, 3.63) is 22.4 Å². The second-order valence-corrected chi connectivity index (χ2v) is 7.91. The Bertz CT molecular complexity index is 575. The molecular weight excluding hydrogens is 346 g/mol. The Balaban J connectivity index is 1.31. The van der Waals surface area contributed by atoms with E-state index < -0.39 is 0 Å². The molecular formula is C19H31N5OS. The third-order valence-corrected chi connectivity index (χ3v) is 6.10. The van der Waals surface area contributed by atoms with Gasteiger partial charge in [0, 0.05) is 58.8 Å². The van der Waals surface area contributed by atoms with Gasteiger partial charge in [-0.25, -0.2) is 0 Å². The molecule has 2 heterocycles. The van der Waals surface area contributed by atoms with E-state index in [-0.39, 0.29) is 0 Å². The van der Waals surface area contributed by atoms with Crippen molar-refractivity contribution in [3.63, 3.8) is 0 Å². The molecule has 0 bridgehead atoms. The number of piperazine rings is 1. The van der Waals surface area contributed by atoms with Gasteiger partial charge in [-0.05, 0) is 35.2 Å². The second kappa shape index (κ2) is 9.92. The number of amides is 1. The van der Waals surface area contributed by atoms with E-state index in [0.29, 0.717) is 11.8 Å². The van der Waals surface area contributed by atoms with Gasteiger partial charge in [-0.15, -0.1) is 0 Å². The molecule has 0 radical (unpaired) electrons. The van der Waals surface area contributed by atoms with Crippen LogP contribution in [0.2, 0.25) is 0 Å². The van der Waals surface area contributed by atoms with E-state index in [9.17, 15) is 4.79 Å². The number of nitrogens with one attached hydrogen (secondary N) is 2. The van der Waals surface area contributed by atoms with E-state index in [1.807, 2.05) is 0 Å². The summed E-state index contributed by atoms with van der Waals surface area (Å²) in [6, 6.07) is 2.12. The highest BCUT2D eigenvalue weighted by atomic mass is 32.1. The Kier molecular flexibility index (Phi) is 7.32. The van der Waals surface area contributed by atoms with Crippen LogP contribution in [-0.4, -0.2) is 68.0 Å². The van der Waals surface area contributed by atoms with Crippen LogP contribution in [0.25, 0.3) is 0 Å². The molecule has 2 fully saturated rings. The Morgan fingerprint density at radius 2 is 2.00 bits per heavy atom. The molecule has 1 aliphatic carbocycles. The van der Waals surface area contributed by atoms with Crippen molar-refractivity contribution in [2.75, 3.05) is 46.3 Å². The minimum atomic E-state index is 0.306. The molecule has 0 aromatic carbocycles. The van der Waals surface area contributed by atoms with Crippen LogP contribution in [0.3, 0.4) is 0 Å². The fourth-order valence-electron chi connectivity index (χ4n) is 3.75. The van der Waals surface area contributed by atoms with Gasteiger partial charge in [-0.3, -0.25) is 14.7 Å². The lowest BCUT2D eigenvalue weighted by atomic mass is 10.1. The van der Waals surface area contributed by atoms with Crippen LogP contribution in [0.1, 0.15) is 31.2 Å². The monoisotopic (exact) mass is 377 g/mol. The molecule has 144 valence electrons. The lowest BCUT2D eigenvalue weighted by Gasteiger charge is -2.36. The van der Waals surface area contributed by atoms with Crippen molar-refractivity contribution in [2.24, 2.45) is 10.9 Å². The summed E-state index contributed by atoms with van der Waals surface area (Å²) < 4.78 is 0. The van der Waals surface area contributed by atoms with Crippen molar-refractivity contribution in [2.45, 2.75) is 32.2 Å². The zero-order valence-corrected chi connectivity index (χ0v) is 16.6. The number of hydrogen-bond donors (Lipinski definition) is 2. The van der Waals surface area contributed by atoms with Crippen LogP contribution in [0.4, 0.5) is 0 Å². The first kappa shape index (κ1) is 19.2. The van der Waals surface area contributed by atoms with Crippen molar-refractivity contribution in [1.29, 1.82) is 0 Å². The van der Waals surface area contributed by atoms with Gasteiger partial charge >= 0.3 is 0 Å². The Morgan fingerprint density at radius 1 is 1.23 bits per heavy atom. The van der Waals surface area contributed by atoms with Gasteiger partial charge in [0.15, 0.2) is 5.96 Å². The zero-order valence-electron chi connectivity index (χ0n) is 15.7. The molecule has 0 spiro atoms. The van der Waals surface area contributed by atoms with Gasteiger partial charge in [0.05, 0.1) is 0 Å². The predicted octanol–water partition coefficient (Wildman–Crippen LogP) is 1.75. The summed E-state index contributed by atoms with van der Waals surface area (Å²) in [5.41, 5.74) is 1.28. The standard InChI is InChI=1S/C19H31N5OS/c1-20-19(22-14-16-6-13-26-15-16)21-7-8-23-9-11-24(12-10-23)18(25)17-4-2-3-5-17/h6,13,15,17H,2-5,7-12,14H2,1H3,(H2,20,21,22). The average Bonchev–Trinajstić information content (AvgIpc) is 3.38. The lowest BCUT2D eigenvalue weighted by Crippen LogP contribution is -2.51. The smallest absolute Gasteiger partial charge is 0.225 e. The molecule has 0 unspecified atom stereocenters. The number of hydrogen-bond acceptors (Lipinski definition) is 4. The minimum Gasteiger partial charge on any atom is -0.355 e. The normalized spacial score (nSPS) is 19.7. The van der Waals surface area contributed by atoms with Crippen molar-refractivity contribution >= 4 is 23.2 Å². The Labute approximate surface area is 160 Å². The summed E-state index contributed by atoms with van der Waals surface area (Å²) in [6.45, 7) is 6.33. The van der Waals surface area contributed by atoms with Gasteiger partial charge in [0.1, 0.15) is 0 Å². The molecule has 2 N–H and O–H groups in total. The lowest BCUT2D eigenvalue weighted by molar-refractivity contribution is -0.137. The van der Waals surface area contributed by atoms with Crippen molar-refractivity contribution in [1.82, 2.24) is 20.4 Å². The van der Waals surface area contributed by atoms with Gasteiger partial charge in [0.25, 0.3) is 0 Å². The Hall–Kier alpha value is -1.60. The molecule has 1 aliphatic heterocycles. The number of carbonyl (C=O) groups is 1. The van der Waals surface area contributed by atoms with Gasteiger partial charge in [-0.2, -0.15) is 11.3 Å². The predicted molar refractivity (Wildman–Crippen MR) is 107 cm³/mol. The average molecular weight is 378 g/mol. The van der Waals surface area contributed by atoms with E-state index in [1.54, 1.807) is 18.4 Å². The summed E-state index contributed by atoms with van der Waals surface area (Å²) >= 11 is 1.71. The molecule has 26 heavy (non-hydrogen) atoms. The highest BCUT2D eigenvalue weighted by molar-refractivity contribution is 7.07. The van der Waals surface area contributed by atoms with E-state index >= 15 is 0 Å². The third-order valence-electron chi connectivity index (χ3n) is 5.37. The molecule has 1 aromatic heterocycles. The van der Waals surface area contributed by atoms with Crippen LogP contribution < -0.4 is 10.6 Å². The molecule has 6 nitrogen and oxygen atoms in total. The highest BCUT2D eigenvalue weighted by Crippen LogP contribution is 2.26. The summed E-state index contributed by atoms with van der Waals surface area (Å²) in [5, 5.41) is 10.9. The summed E-state index contributed by atoms with van der Waals surface area (Å²) in [6.07, 6.45) is 4.65. The maximum atomic E-state index is 12.5. The topological polar surface area (TPSA) is 60.0 Å². The van der Waals surface area contributed by atoms with Gasteiger partial charge in [-0.1, -0.05) is 12.8 Å². The first-order valence-corrected chi connectivity index (χ1v) is 10.7. The number of aliphatic imine (C=N–C) groups is 1. The first-order chi connectivity index (χ1) is 12.8. The largest absolute Gasteiger partial charge is 0.355 e. The molecule has 0 atom stereocenters. The van der Waals surface area contributed by atoms with Crippen LogP contribution in [0.15, 0.2) is 21.8 Å². The van der Waals surface area contributed by atoms with Crippen molar-refractivity contribution < 1.29 is 4.79 Å². The molecule has 2 aliphatic rings. The molecule has 1 saturated heterocycles. The van der Waals surface area contributed by atoms with Crippen LogP contribution in [0, 0.1) is 5.92 Å². The van der Waals surface area contributed by atoms with E-state index in [2.05, 4.69) is 42.3 Å². The number of guanidine groups is 1. The van der Waals surface area contributed by atoms with Crippen LogP contribution in [-0.2, 0) is 11.3 Å². The number of carbonyl (C=O) groups excluding carboxylic acids is 1. The maximum Gasteiger partial charge on any atom is 0.225 e.